The average Bonchev–Trinajstić information content (AvgIpc) is 2.85. The van der Waals surface area contributed by atoms with Gasteiger partial charge in [-0.1, -0.05) is 23.2 Å². The number of rotatable bonds is 5. The molecule has 21 heavy (non-hydrogen) atoms. The Morgan fingerprint density at radius 1 is 1.29 bits per heavy atom. The molecule has 0 radical (unpaired) electrons. The number of sulfonamides is 1. The minimum absolute atomic E-state index is 0.0104. The number of aliphatic hydroxyl groups excluding tert-OH is 1. The molecule has 0 saturated heterocycles. The van der Waals surface area contributed by atoms with E-state index in [0.29, 0.717) is 4.34 Å². The van der Waals surface area contributed by atoms with Crippen molar-refractivity contribution in [1.29, 1.82) is 0 Å². The summed E-state index contributed by atoms with van der Waals surface area (Å²) in [6.45, 7) is -0.516. The first kappa shape index (κ1) is 16.7. The fourth-order valence-electron chi connectivity index (χ4n) is 1.58. The van der Waals surface area contributed by atoms with Crippen LogP contribution in [0.15, 0.2) is 29.2 Å². The van der Waals surface area contributed by atoms with Crippen molar-refractivity contribution in [3.63, 3.8) is 0 Å². The minimum Gasteiger partial charge on any atom is -0.392 e. The smallest absolute Gasteiger partial charge is 0.241 e. The van der Waals surface area contributed by atoms with E-state index < -0.39 is 22.4 Å². The van der Waals surface area contributed by atoms with E-state index in [0.717, 1.165) is 17.0 Å². The number of nitrogens with one attached hydrogen (secondary N) is 1. The summed E-state index contributed by atoms with van der Waals surface area (Å²) in [6, 6.07) is 5.29. The molecule has 0 aliphatic heterocycles. The van der Waals surface area contributed by atoms with Gasteiger partial charge in [0.25, 0.3) is 0 Å². The van der Waals surface area contributed by atoms with Crippen LogP contribution in [0.3, 0.4) is 0 Å². The molecule has 0 amide bonds. The van der Waals surface area contributed by atoms with E-state index in [9.17, 15) is 12.8 Å². The number of hydrogen-bond acceptors (Lipinski definition) is 4. The van der Waals surface area contributed by atoms with Crippen molar-refractivity contribution in [3.8, 4) is 0 Å². The van der Waals surface area contributed by atoms with Gasteiger partial charge in [0, 0.05) is 17.0 Å². The van der Waals surface area contributed by atoms with Gasteiger partial charge in [-0.15, -0.1) is 11.3 Å². The largest absolute Gasteiger partial charge is 0.392 e. The summed E-state index contributed by atoms with van der Waals surface area (Å²) in [5.41, 5.74) is 0.0104. The molecule has 2 aromatic rings. The van der Waals surface area contributed by atoms with Crippen LogP contribution >= 0.6 is 34.5 Å². The molecule has 2 rings (SSSR count). The molecule has 0 saturated carbocycles. The molecule has 0 fully saturated rings. The Bertz CT molecular complexity index is 762. The first-order valence-corrected chi connectivity index (χ1v) is 8.71. The fourth-order valence-corrected chi connectivity index (χ4v) is 3.94. The van der Waals surface area contributed by atoms with E-state index in [1.807, 2.05) is 0 Å². The lowest BCUT2D eigenvalue weighted by atomic mass is 10.2. The Balaban J connectivity index is 2.25. The third-order valence-electron chi connectivity index (χ3n) is 2.62. The molecule has 0 spiro atoms. The van der Waals surface area contributed by atoms with Gasteiger partial charge in [0.2, 0.25) is 10.0 Å². The third kappa shape index (κ3) is 3.94. The second-order valence-corrected chi connectivity index (χ2v) is 8.01. The first-order chi connectivity index (χ1) is 9.83. The lowest BCUT2D eigenvalue weighted by Gasteiger charge is -2.09. The molecule has 1 heterocycles. The van der Waals surface area contributed by atoms with E-state index in [1.54, 1.807) is 12.1 Å². The van der Waals surface area contributed by atoms with Crippen LogP contribution in [0.4, 0.5) is 4.39 Å². The maximum atomic E-state index is 13.6. The molecule has 0 aliphatic rings. The predicted octanol–water partition coefficient (Wildman–Crippen LogP) is 3.16. The van der Waals surface area contributed by atoms with Gasteiger partial charge in [0.1, 0.15) is 5.82 Å². The van der Waals surface area contributed by atoms with Crippen LogP contribution in [0.1, 0.15) is 10.4 Å². The maximum absolute atomic E-state index is 13.6. The van der Waals surface area contributed by atoms with Crippen LogP contribution < -0.4 is 4.72 Å². The number of aliphatic hydroxyl groups is 1. The monoisotopic (exact) mass is 369 g/mol. The number of halogens is 3. The van der Waals surface area contributed by atoms with Gasteiger partial charge in [-0.3, -0.25) is 0 Å². The van der Waals surface area contributed by atoms with E-state index in [-0.39, 0.29) is 22.0 Å². The quantitative estimate of drug-likeness (QED) is 0.850. The SMILES string of the molecule is O=S(=O)(NCc1ccc(Cl)s1)c1cc(F)c(Cl)c(CO)c1. The van der Waals surface area contributed by atoms with Gasteiger partial charge in [-0.05, 0) is 24.3 Å². The second-order valence-electron chi connectivity index (χ2n) is 4.07. The zero-order chi connectivity index (χ0) is 15.6. The van der Waals surface area contributed by atoms with Crippen LogP contribution in [-0.4, -0.2) is 13.5 Å². The Morgan fingerprint density at radius 3 is 2.57 bits per heavy atom. The standard InChI is InChI=1S/C12H10Cl2FNO3S2/c13-11-2-1-8(20-11)5-16-21(18,19)9-3-7(6-17)12(14)10(15)4-9/h1-4,16-17H,5-6H2. The van der Waals surface area contributed by atoms with Gasteiger partial charge < -0.3 is 5.11 Å². The highest BCUT2D eigenvalue weighted by Crippen LogP contribution is 2.25. The van der Waals surface area contributed by atoms with Crippen LogP contribution in [-0.2, 0) is 23.2 Å². The highest BCUT2D eigenvalue weighted by atomic mass is 35.5. The van der Waals surface area contributed by atoms with Crippen molar-refractivity contribution in [2.45, 2.75) is 18.0 Å². The Labute approximate surface area is 135 Å². The lowest BCUT2D eigenvalue weighted by Crippen LogP contribution is -2.23. The molecule has 2 N–H and O–H groups in total. The Kier molecular flexibility index (Phi) is 5.24. The van der Waals surface area contributed by atoms with Crippen molar-refractivity contribution in [2.75, 3.05) is 0 Å². The highest BCUT2D eigenvalue weighted by molar-refractivity contribution is 7.89. The van der Waals surface area contributed by atoms with Gasteiger partial charge in [-0.2, -0.15) is 0 Å². The predicted molar refractivity (Wildman–Crippen MR) is 80.7 cm³/mol. The highest BCUT2D eigenvalue weighted by Gasteiger charge is 2.19. The van der Waals surface area contributed by atoms with E-state index in [4.69, 9.17) is 28.3 Å². The maximum Gasteiger partial charge on any atom is 0.241 e. The summed E-state index contributed by atoms with van der Waals surface area (Å²) < 4.78 is 40.7. The van der Waals surface area contributed by atoms with Gasteiger partial charge in [-0.25, -0.2) is 17.5 Å². The van der Waals surface area contributed by atoms with Crippen molar-refractivity contribution in [2.24, 2.45) is 0 Å². The summed E-state index contributed by atoms with van der Waals surface area (Å²) in [5, 5.41) is 8.77. The third-order valence-corrected chi connectivity index (χ3v) is 5.66. The topological polar surface area (TPSA) is 66.4 Å². The zero-order valence-corrected chi connectivity index (χ0v) is 13.6. The Morgan fingerprint density at radius 2 is 2.00 bits per heavy atom. The zero-order valence-electron chi connectivity index (χ0n) is 10.4. The molecule has 1 aromatic carbocycles. The molecule has 114 valence electrons. The summed E-state index contributed by atoms with van der Waals surface area (Å²) >= 11 is 12.6. The summed E-state index contributed by atoms with van der Waals surface area (Å²) in [5.74, 6) is -0.900. The number of thiophene rings is 1. The van der Waals surface area contributed by atoms with Crippen LogP contribution in [0.25, 0.3) is 0 Å². The molecular formula is C12H10Cl2FNO3S2. The summed E-state index contributed by atoms with van der Waals surface area (Å²) in [6.07, 6.45) is 0. The lowest BCUT2D eigenvalue weighted by molar-refractivity contribution is 0.281. The van der Waals surface area contributed by atoms with Gasteiger partial charge in [0.15, 0.2) is 0 Å². The molecule has 0 atom stereocenters. The van der Waals surface area contributed by atoms with E-state index in [2.05, 4.69) is 4.72 Å². The molecule has 4 nitrogen and oxygen atoms in total. The Hall–Kier alpha value is -0.700. The molecular weight excluding hydrogens is 360 g/mol. The molecule has 1 aromatic heterocycles. The summed E-state index contributed by atoms with van der Waals surface area (Å²) in [7, 11) is -3.92. The number of benzene rings is 1. The van der Waals surface area contributed by atoms with E-state index in [1.165, 1.54) is 11.3 Å². The van der Waals surface area contributed by atoms with E-state index >= 15 is 0 Å². The van der Waals surface area contributed by atoms with Gasteiger partial charge >= 0.3 is 0 Å². The van der Waals surface area contributed by atoms with Crippen LogP contribution in [0.5, 0.6) is 0 Å². The molecule has 0 aliphatic carbocycles. The van der Waals surface area contributed by atoms with Crippen LogP contribution in [0.2, 0.25) is 9.36 Å². The average molecular weight is 370 g/mol. The second kappa shape index (κ2) is 6.60. The van der Waals surface area contributed by atoms with Gasteiger partial charge in [0.05, 0.1) is 20.9 Å². The van der Waals surface area contributed by atoms with Crippen molar-refractivity contribution < 1.29 is 17.9 Å². The molecule has 9 heteroatoms. The molecule has 0 unspecified atom stereocenters. The first-order valence-electron chi connectivity index (χ1n) is 5.66. The van der Waals surface area contributed by atoms with Crippen LogP contribution in [0, 0.1) is 5.82 Å². The van der Waals surface area contributed by atoms with Crippen molar-refractivity contribution in [1.82, 2.24) is 4.72 Å². The minimum atomic E-state index is -3.92. The normalized spacial score (nSPS) is 11.8. The van der Waals surface area contributed by atoms with Crippen molar-refractivity contribution >= 4 is 44.6 Å². The molecule has 0 bridgehead atoms. The number of hydrogen-bond donors (Lipinski definition) is 2. The van der Waals surface area contributed by atoms with Crippen molar-refractivity contribution in [3.05, 3.63) is 49.9 Å². The fraction of sp³-hybridized carbons (Fsp3) is 0.167. The summed E-state index contributed by atoms with van der Waals surface area (Å²) in [4.78, 5) is 0.427.